The summed E-state index contributed by atoms with van der Waals surface area (Å²) in [5.41, 5.74) is 1.14. The molecule has 1 rings (SSSR count). The van der Waals surface area contributed by atoms with E-state index in [-0.39, 0.29) is 5.82 Å². The molecular weight excluding hydrogens is 207 g/mol. The molecule has 0 amide bonds. The van der Waals surface area contributed by atoms with Crippen LogP contribution in [0.4, 0.5) is 4.39 Å². The third-order valence-corrected chi connectivity index (χ3v) is 3.55. The topological polar surface area (TPSA) is 0 Å². The molecule has 0 spiro atoms. The van der Waals surface area contributed by atoms with E-state index >= 15 is 0 Å². The van der Waals surface area contributed by atoms with Crippen molar-refractivity contribution in [3.05, 3.63) is 35.6 Å². The average molecular weight is 219 g/mol. The number of halogens is 2. The van der Waals surface area contributed by atoms with E-state index in [0.717, 1.165) is 11.3 Å². The minimum absolute atomic E-state index is 0.181. The summed E-state index contributed by atoms with van der Waals surface area (Å²) in [6.45, 7) is 2.08. The number of benzene rings is 1. The van der Waals surface area contributed by atoms with Gasteiger partial charge in [0, 0.05) is 16.9 Å². The quantitative estimate of drug-likeness (QED) is 0.695. The minimum Gasteiger partial charge on any atom is -0.207 e. The molecule has 0 bridgehead atoms. The maximum Gasteiger partial charge on any atom is 0.123 e. The largest absolute Gasteiger partial charge is 0.207 e. The Kier molecular flexibility index (Phi) is 4.60. The second-order valence-corrected chi connectivity index (χ2v) is 4.64. The van der Waals surface area contributed by atoms with Crippen molar-refractivity contribution in [3.8, 4) is 0 Å². The van der Waals surface area contributed by atoms with Gasteiger partial charge in [-0.3, -0.25) is 0 Å². The first kappa shape index (κ1) is 10.9. The highest BCUT2D eigenvalue weighted by atomic mass is 35.5. The number of hydrogen-bond donors (Lipinski definition) is 0. The fourth-order valence-electron chi connectivity index (χ4n) is 0.864. The van der Waals surface area contributed by atoms with Crippen LogP contribution in [0.25, 0.3) is 0 Å². The Bertz CT molecular complexity index is 248. The van der Waals surface area contributed by atoms with Gasteiger partial charge < -0.3 is 0 Å². The van der Waals surface area contributed by atoms with Gasteiger partial charge in [0.05, 0.1) is 0 Å². The highest BCUT2D eigenvalue weighted by Gasteiger charge is 2.00. The summed E-state index contributed by atoms with van der Waals surface area (Å²) in [4.78, 5) is 0. The number of thioether (sulfide) groups is 1. The van der Waals surface area contributed by atoms with E-state index in [0.29, 0.717) is 11.1 Å². The van der Waals surface area contributed by atoms with Gasteiger partial charge in [-0.1, -0.05) is 19.1 Å². The van der Waals surface area contributed by atoms with Gasteiger partial charge in [-0.25, -0.2) is 4.39 Å². The number of alkyl halides is 1. The Morgan fingerprint density at radius 1 is 1.38 bits per heavy atom. The molecule has 0 aliphatic rings. The molecule has 0 aromatic heterocycles. The van der Waals surface area contributed by atoms with Crippen LogP contribution in [0.5, 0.6) is 0 Å². The molecule has 1 aromatic carbocycles. The van der Waals surface area contributed by atoms with Crippen LogP contribution < -0.4 is 0 Å². The standard InChI is InChI=1S/C10H12ClFS/c1-8(6-11)13-7-9-2-4-10(12)5-3-9/h2-5,8H,6-7H2,1H3. The summed E-state index contributed by atoms with van der Waals surface area (Å²) in [5.74, 6) is 1.37. The third kappa shape index (κ3) is 4.01. The Morgan fingerprint density at radius 3 is 2.54 bits per heavy atom. The zero-order chi connectivity index (χ0) is 9.68. The smallest absolute Gasteiger partial charge is 0.123 e. The first-order valence-corrected chi connectivity index (χ1v) is 5.72. The predicted molar refractivity (Wildman–Crippen MR) is 57.9 cm³/mol. The van der Waals surface area contributed by atoms with E-state index in [4.69, 9.17) is 11.6 Å². The van der Waals surface area contributed by atoms with Crippen LogP contribution >= 0.6 is 23.4 Å². The molecule has 1 unspecified atom stereocenters. The minimum atomic E-state index is -0.181. The molecule has 0 N–H and O–H groups in total. The third-order valence-electron chi connectivity index (χ3n) is 1.67. The predicted octanol–water partition coefficient (Wildman–Crippen LogP) is 3.69. The van der Waals surface area contributed by atoms with Crippen LogP contribution in [0.1, 0.15) is 12.5 Å². The summed E-state index contributed by atoms with van der Waals surface area (Å²) in [6.07, 6.45) is 0. The van der Waals surface area contributed by atoms with Crippen molar-refractivity contribution in [2.24, 2.45) is 0 Å². The van der Waals surface area contributed by atoms with E-state index in [1.807, 2.05) is 12.1 Å². The van der Waals surface area contributed by atoms with Crippen molar-refractivity contribution in [2.75, 3.05) is 5.88 Å². The number of hydrogen-bond acceptors (Lipinski definition) is 1. The molecule has 1 aromatic rings. The molecule has 0 saturated carbocycles. The Hall–Kier alpha value is -0.210. The molecule has 3 heteroatoms. The molecule has 0 heterocycles. The first-order valence-electron chi connectivity index (χ1n) is 4.14. The normalized spacial score (nSPS) is 12.8. The molecule has 1 atom stereocenters. The van der Waals surface area contributed by atoms with E-state index in [1.54, 1.807) is 11.8 Å². The Balaban J connectivity index is 2.41. The van der Waals surface area contributed by atoms with E-state index in [1.165, 1.54) is 12.1 Å². The van der Waals surface area contributed by atoms with Crippen molar-refractivity contribution >= 4 is 23.4 Å². The van der Waals surface area contributed by atoms with Crippen LogP contribution in [0.3, 0.4) is 0 Å². The average Bonchev–Trinajstić information content (AvgIpc) is 2.16. The van der Waals surface area contributed by atoms with Crippen molar-refractivity contribution in [1.29, 1.82) is 0 Å². The molecule has 0 saturated heterocycles. The van der Waals surface area contributed by atoms with E-state index < -0.39 is 0 Å². The van der Waals surface area contributed by atoms with Gasteiger partial charge in [0.2, 0.25) is 0 Å². The maximum absolute atomic E-state index is 12.5. The van der Waals surface area contributed by atoms with Crippen LogP contribution in [-0.2, 0) is 5.75 Å². The van der Waals surface area contributed by atoms with Crippen molar-refractivity contribution < 1.29 is 4.39 Å². The van der Waals surface area contributed by atoms with Crippen LogP contribution in [0.2, 0.25) is 0 Å². The second kappa shape index (κ2) is 5.51. The van der Waals surface area contributed by atoms with Gasteiger partial charge in [0.15, 0.2) is 0 Å². The van der Waals surface area contributed by atoms with Gasteiger partial charge in [-0.05, 0) is 17.7 Å². The molecule has 0 aliphatic carbocycles. The Morgan fingerprint density at radius 2 is 2.00 bits per heavy atom. The van der Waals surface area contributed by atoms with Gasteiger partial charge in [-0.15, -0.1) is 11.6 Å². The van der Waals surface area contributed by atoms with Gasteiger partial charge in [0.1, 0.15) is 5.82 Å². The van der Waals surface area contributed by atoms with Crippen molar-refractivity contribution in [1.82, 2.24) is 0 Å². The van der Waals surface area contributed by atoms with Gasteiger partial charge >= 0.3 is 0 Å². The summed E-state index contributed by atoms with van der Waals surface area (Å²) >= 11 is 7.44. The highest BCUT2D eigenvalue weighted by molar-refractivity contribution is 7.99. The van der Waals surface area contributed by atoms with Crippen LogP contribution in [-0.4, -0.2) is 11.1 Å². The lowest BCUT2D eigenvalue weighted by atomic mass is 10.2. The Labute approximate surface area is 87.5 Å². The van der Waals surface area contributed by atoms with Crippen molar-refractivity contribution in [2.45, 2.75) is 17.9 Å². The van der Waals surface area contributed by atoms with Crippen LogP contribution in [0, 0.1) is 5.82 Å². The summed E-state index contributed by atoms with van der Waals surface area (Å²) in [5, 5.41) is 0.451. The molecule has 0 nitrogen and oxygen atoms in total. The highest BCUT2D eigenvalue weighted by Crippen LogP contribution is 2.18. The summed E-state index contributed by atoms with van der Waals surface area (Å²) in [7, 11) is 0. The summed E-state index contributed by atoms with van der Waals surface area (Å²) in [6, 6.07) is 6.59. The van der Waals surface area contributed by atoms with Gasteiger partial charge in [0.25, 0.3) is 0 Å². The molecule has 13 heavy (non-hydrogen) atoms. The molecule has 0 radical (unpaired) electrons. The van der Waals surface area contributed by atoms with E-state index in [9.17, 15) is 4.39 Å². The lowest BCUT2D eigenvalue weighted by Crippen LogP contribution is -1.97. The van der Waals surface area contributed by atoms with Crippen molar-refractivity contribution in [3.63, 3.8) is 0 Å². The summed E-state index contributed by atoms with van der Waals surface area (Å²) < 4.78 is 12.5. The molecule has 0 aliphatic heterocycles. The fraction of sp³-hybridized carbons (Fsp3) is 0.400. The zero-order valence-corrected chi connectivity index (χ0v) is 9.04. The first-order chi connectivity index (χ1) is 6.22. The molecule has 0 fully saturated rings. The monoisotopic (exact) mass is 218 g/mol. The molecule has 72 valence electrons. The second-order valence-electron chi connectivity index (χ2n) is 2.90. The lowest BCUT2D eigenvalue weighted by Gasteiger charge is -2.06. The number of rotatable bonds is 4. The molecular formula is C10H12ClFS. The van der Waals surface area contributed by atoms with E-state index in [2.05, 4.69) is 6.92 Å². The van der Waals surface area contributed by atoms with Crippen LogP contribution in [0.15, 0.2) is 24.3 Å². The fourth-order valence-corrected chi connectivity index (χ4v) is 1.89. The SMILES string of the molecule is CC(CCl)SCc1ccc(F)cc1. The maximum atomic E-state index is 12.5. The zero-order valence-electron chi connectivity index (χ0n) is 7.47. The van der Waals surface area contributed by atoms with Gasteiger partial charge in [-0.2, -0.15) is 11.8 Å². The lowest BCUT2D eigenvalue weighted by molar-refractivity contribution is 0.627.